The molecule has 0 radical (unpaired) electrons. The van der Waals surface area contributed by atoms with Crippen LogP contribution in [0.15, 0.2) is 22.9 Å². The molecule has 1 N–H and O–H groups in total. The summed E-state index contributed by atoms with van der Waals surface area (Å²) in [5.74, 6) is 0. The molecule has 0 aliphatic heterocycles. The summed E-state index contributed by atoms with van der Waals surface area (Å²) in [6.45, 7) is 0. The third-order valence-corrected chi connectivity index (χ3v) is 2.83. The van der Waals surface area contributed by atoms with Crippen molar-refractivity contribution in [3.8, 4) is 0 Å². The maximum atomic E-state index is 5.84. The number of hydrogen-bond donors (Lipinski definition) is 1. The first-order valence-electron chi connectivity index (χ1n) is 3.06. The van der Waals surface area contributed by atoms with E-state index in [1.165, 1.54) is 0 Å². The monoisotopic (exact) mass is 230 g/mol. The molecule has 2 rings (SSSR count). The highest BCUT2D eigenvalue weighted by atomic mass is 79.9. The smallest absolute Gasteiger partial charge is 0.104 e. The number of halogens is 2. The molecule has 0 amide bonds. The Bertz CT molecular complexity index is 396. The van der Waals surface area contributed by atoms with Crippen molar-refractivity contribution in [3.63, 3.8) is 0 Å². The Morgan fingerprint density at radius 1 is 1.45 bits per heavy atom. The van der Waals surface area contributed by atoms with Crippen molar-refractivity contribution < 1.29 is 0 Å². The number of aromatic nitrogens is 2. The second-order valence-electron chi connectivity index (χ2n) is 2.16. The normalized spacial score (nSPS) is 10.7. The van der Waals surface area contributed by atoms with Crippen LogP contribution in [0, 0.1) is 0 Å². The van der Waals surface area contributed by atoms with E-state index in [4.69, 9.17) is 11.6 Å². The van der Waals surface area contributed by atoms with Crippen LogP contribution in [-0.2, 0) is 0 Å². The summed E-state index contributed by atoms with van der Waals surface area (Å²) < 4.78 is 0.845. The van der Waals surface area contributed by atoms with Crippen molar-refractivity contribution in [1.82, 2.24) is 9.97 Å². The van der Waals surface area contributed by atoms with Crippen LogP contribution in [0.2, 0.25) is 5.02 Å². The molecule has 0 unspecified atom stereocenters. The number of nitrogens with zero attached hydrogens (tertiary/aromatic N) is 1. The Labute approximate surface area is 76.7 Å². The molecule has 1 aromatic carbocycles. The quantitative estimate of drug-likeness (QED) is 0.742. The first-order valence-corrected chi connectivity index (χ1v) is 4.23. The lowest BCUT2D eigenvalue weighted by atomic mass is 10.3. The van der Waals surface area contributed by atoms with E-state index >= 15 is 0 Å². The third-order valence-electron chi connectivity index (χ3n) is 1.48. The number of aromatic amines is 1. The van der Waals surface area contributed by atoms with Gasteiger partial charge in [0.05, 0.1) is 21.3 Å². The zero-order valence-electron chi connectivity index (χ0n) is 5.44. The van der Waals surface area contributed by atoms with Crippen molar-refractivity contribution >= 4 is 38.6 Å². The molecular weight excluding hydrogens is 227 g/mol. The molecule has 0 bridgehead atoms. The maximum Gasteiger partial charge on any atom is 0.104 e. The molecule has 11 heavy (non-hydrogen) atoms. The number of H-pyrrole nitrogens is 1. The number of fused-ring (bicyclic) bond motifs is 1. The van der Waals surface area contributed by atoms with Gasteiger partial charge in [-0.15, -0.1) is 0 Å². The molecule has 2 aromatic rings. The van der Waals surface area contributed by atoms with Crippen LogP contribution in [0.1, 0.15) is 0 Å². The molecule has 4 heteroatoms. The van der Waals surface area contributed by atoms with Crippen LogP contribution in [0.5, 0.6) is 0 Å². The second kappa shape index (κ2) is 2.50. The van der Waals surface area contributed by atoms with Gasteiger partial charge in [0.1, 0.15) is 5.52 Å². The molecule has 0 aliphatic carbocycles. The lowest BCUT2D eigenvalue weighted by Gasteiger charge is -1.94. The van der Waals surface area contributed by atoms with Crippen LogP contribution < -0.4 is 0 Å². The van der Waals surface area contributed by atoms with Crippen LogP contribution >= 0.6 is 27.5 Å². The number of nitrogens with one attached hydrogen (secondary N) is 1. The SMILES string of the molecule is Clc1ccc2[nH]cnc2c1Br. The summed E-state index contributed by atoms with van der Waals surface area (Å²) in [5.41, 5.74) is 1.86. The Balaban J connectivity index is 2.93. The van der Waals surface area contributed by atoms with E-state index in [0.717, 1.165) is 15.5 Å². The van der Waals surface area contributed by atoms with Gasteiger partial charge in [0.25, 0.3) is 0 Å². The topological polar surface area (TPSA) is 28.7 Å². The zero-order valence-corrected chi connectivity index (χ0v) is 7.78. The van der Waals surface area contributed by atoms with E-state index in [1.54, 1.807) is 6.33 Å². The number of imidazole rings is 1. The standard InChI is InChI=1S/C7H4BrClN2/c8-6-4(9)1-2-5-7(6)11-3-10-5/h1-3H,(H,10,11). The second-order valence-corrected chi connectivity index (χ2v) is 3.36. The number of benzene rings is 1. The highest BCUT2D eigenvalue weighted by molar-refractivity contribution is 9.10. The number of rotatable bonds is 0. The van der Waals surface area contributed by atoms with E-state index in [-0.39, 0.29) is 0 Å². The van der Waals surface area contributed by atoms with Crippen molar-refractivity contribution in [2.24, 2.45) is 0 Å². The maximum absolute atomic E-state index is 5.84. The van der Waals surface area contributed by atoms with Gasteiger partial charge in [0.15, 0.2) is 0 Å². The molecular formula is C7H4BrClN2. The van der Waals surface area contributed by atoms with E-state index in [1.807, 2.05) is 12.1 Å². The van der Waals surface area contributed by atoms with Gasteiger partial charge in [-0.1, -0.05) is 11.6 Å². The van der Waals surface area contributed by atoms with Gasteiger partial charge in [0.2, 0.25) is 0 Å². The van der Waals surface area contributed by atoms with Gasteiger partial charge in [0, 0.05) is 0 Å². The molecule has 0 atom stereocenters. The molecule has 1 aromatic heterocycles. The van der Waals surface area contributed by atoms with Crippen molar-refractivity contribution in [2.45, 2.75) is 0 Å². The highest BCUT2D eigenvalue weighted by Crippen LogP contribution is 2.28. The summed E-state index contributed by atoms with van der Waals surface area (Å²) in [4.78, 5) is 7.08. The Hall–Kier alpha value is -0.540. The van der Waals surface area contributed by atoms with Crippen molar-refractivity contribution in [2.75, 3.05) is 0 Å². The molecule has 0 saturated heterocycles. The van der Waals surface area contributed by atoms with E-state index < -0.39 is 0 Å². The van der Waals surface area contributed by atoms with Gasteiger partial charge < -0.3 is 4.98 Å². The van der Waals surface area contributed by atoms with E-state index in [9.17, 15) is 0 Å². The average Bonchev–Trinajstić information content (AvgIpc) is 2.45. The van der Waals surface area contributed by atoms with Crippen LogP contribution in [0.3, 0.4) is 0 Å². The fourth-order valence-corrected chi connectivity index (χ4v) is 1.55. The van der Waals surface area contributed by atoms with Crippen molar-refractivity contribution in [1.29, 1.82) is 0 Å². The Kier molecular flexibility index (Phi) is 1.62. The fraction of sp³-hybridized carbons (Fsp3) is 0. The first kappa shape index (κ1) is 7.13. The Morgan fingerprint density at radius 3 is 3.09 bits per heavy atom. The zero-order chi connectivity index (χ0) is 7.84. The van der Waals surface area contributed by atoms with Crippen LogP contribution in [0.25, 0.3) is 11.0 Å². The van der Waals surface area contributed by atoms with Gasteiger partial charge in [-0.3, -0.25) is 0 Å². The summed E-state index contributed by atoms with van der Waals surface area (Å²) in [5, 5.41) is 0.685. The Morgan fingerprint density at radius 2 is 2.27 bits per heavy atom. The predicted octanol–water partition coefficient (Wildman–Crippen LogP) is 2.98. The largest absolute Gasteiger partial charge is 0.345 e. The molecule has 56 valence electrons. The summed E-state index contributed by atoms with van der Waals surface area (Å²) in [6.07, 6.45) is 1.64. The highest BCUT2D eigenvalue weighted by Gasteiger charge is 2.03. The van der Waals surface area contributed by atoms with Gasteiger partial charge in [-0.25, -0.2) is 4.98 Å². The molecule has 0 saturated carbocycles. The van der Waals surface area contributed by atoms with Gasteiger partial charge in [-0.2, -0.15) is 0 Å². The lowest BCUT2D eigenvalue weighted by Crippen LogP contribution is -1.72. The van der Waals surface area contributed by atoms with E-state index in [2.05, 4.69) is 25.9 Å². The number of hydrogen-bond acceptors (Lipinski definition) is 1. The molecule has 2 nitrogen and oxygen atoms in total. The minimum Gasteiger partial charge on any atom is -0.345 e. The lowest BCUT2D eigenvalue weighted by molar-refractivity contribution is 1.34. The predicted molar refractivity (Wildman–Crippen MR) is 48.8 cm³/mol. The van der Waals surface area contributed by atoms with Crippen LogP contribution in [0.4, 0.5) is 0 Å². The molecule has 1 heterocycles. The first-order chi connectivity index (χ1) is 5.29. The van der Waals surface area contributed by atoms with E-state index in [0.29, 0.717) is 5.02 Å². The molecule has 0 aliphatic rings. The molecule has 0 fully saturated rings. The fourth-order valence-electron chi connectivity index (χ4n) is 0.949. The summed E-state index contributed by atoms with van der Waals surface area (Å²) in [7, 11) is 0. The minimum absolute atomic E-state index is 0.685. The average molecular weight is 231 g/mol. The van der Waals surface area contributed by atoms with Gasteiger partial charge >= 0.3 is 0 Å². The van der Waals surface area contributed by atoms with Crippen LogP contribution in [-0.4, -0.2) is 9.97 Å². The summed E-state index contributed by atoms with van der Waals surface area (Å²) >= 11 is 9.19. The van der Waals surface area contributed by atoms with Crippen molar-refractivity contribution in [3.05, 3.63) is 28.0 Å². The van der Waals surface area contributed by atoms with Gasteiger partial charge in [-0.05, 0) is 28.1 Å². The minimum atomic E-state index is 0.685. The molecule has 0 spiro atoms. The summed E-state index contributed by atoms with van der Waals surface area (Å²) in [6, 6.07) is 3.72. The third kappa shape index (κ3) is 1.04.